The molecule has 0 spiro atoms. The lowest BCUT2D eigenvalue weighted by Crippen LogP contribution is -2.63. The van der Waals surface area contributed by atoms with Crippen LogP contribution in [0.1, 0.15) is 19.8 Å². The van der Waals surface area contributed by atoms with Gasteiger partial charge in [-0.05, 0) is 31.9 Å². The number of carbonyl (C=O) groups excluding carboxylic acids is 1. The van der Waals surface area contributed by atoms with Crippen LogP contribution >= 0.6 is 0 Å². The van der Waals surface area contributed by atoms with Gasteiger partial charge in [-0.2, -0.15) is 0 Å². The zero-order chi connectivity index (χ0) is 16.7. The lowest BCUT2D eigenvalue weighted by atomic mass is 10.1. The van der Waals surface area contributed by atoms with E-state index >= 15 is 0 Å². The molecule has 6 heteroatoms. The lowest BCUT2D eigenvalue weighted by Gasteiger charge is -2.44. The maximum absolute atomic E-state index is 13.2. The highest BCUT2D eigenvalue weighted by Crippen LogP contribution is 2.27. The molecule has 0 saturated carbocycles. The fourth-order valence-corrected chi connectivity index (χ4v) is 3.21. The monoisotopic (exact) mass is 324 g/mol. The number of amides is 2. The van der Waals surface area contributed by atoms with Crippen LogP contribution < -0.4 is 9.80 Å². The predicted molar refractivity (Wildman–Crippen MR) is 89.8 cm³/mol. The van der Waals surface area contributed by atoms with Gasteiger partial charge in [0.05, 0.1) is 19.6 Å². The van der Waals surface area contributed by atoms with Crippen molar-refractivity contribution in [1.29, 1.82) is 0 Å². The number of halogens is 1. The van der Waals surface area contributed by atoms with Crippen molar-refractivity contribution in [2.45, 2.75) is 19.8 Å². The van der Waals surface area contributed by atoms with Crippen LogP contribution in [0.2, 0.25) is 0 Å². The van der Waals surface area contributed by atoms with Gasteiger partial charge in [0.2, 0.25) is 0 Å². The number of nitrogens with zero attached hydrogens (tertiary/aromatic N) is 2. The van der Waals surface area contributed by atoms with E-state index in [4.69, 9.17) is 5.11 Å². The number of carbonyl (C=O) groups is 1. The Morgan fingerprint density at radius 2 is 1.91 bits per heavy atom. The van der Waals surface area contributed by atoms with Gasteiger partial charge < -0.3 is 15.3 Å². The Balaban J connectivity index is 2.10. The molecule has 1 aliphatic rings. The minimum Gasteiger partial charge on any atom is -0.396 e. The number of benzene rings is 1. The van der Waals surface area contributed by atoms with Crippen LogP contribution in [0.3, 0.4) is 0 Å². The number of unbranched alkanes of at least 4 members (excludes halogenated alkanes) is 1. The Kier molecular flexibility index (Phi) is 6.36. The third kappa shape index (κ3) is 4.42. The molecule has 0 aromatic heterocycles. The van der Waals surface area contributed by atoms with Crippen molar-refractivity contribution in [2.75, 3.05) is 45.9 Å². The number of piperazine rings is 1. The quantitative estimate of drug-likeness (QED) is 0.621. The second-order valence-electron chi connectivity index (χ2n) is 6.05. The number of rotatable bonds is 6. The lowest BCUT2D eigenvalue weighted by molar-refractivity contribution is 0.138. The summed E-state index contributed by atoms with van der Waals surface area (Å²) in [5.74, 6) is -0.233. The average Bonchev–Trinajstić information content (AvgIpc) is 2.56. The molecule has 1 fully saturated rings. The van der Waals surface area contributed by atoms with Crippen molar-refractivity contribution >= 4 is 11.7 Å². The minimum absolute atomic E-state index is 0.0141. The Labute approximate surface area is 137 Å². The van der Waals surface area contributed by atoms with Gasteiger partial charge in [0.25, 0.3) is 0 Å². The first-order valence-corrected chi connectivity index (χ1v) is 8.37. The average molecular weight is 324 g/mol. The molecule has 0 bridgehead atoms. The van der Waals surface area contributed by atoms with E-state index in [0.717, 1.165) is 42.6 Å². The summed E-state index contributed by atoms with van der Waals surface area (Å²) in [6, 6.07) is 6.67. The molecule has 5 nitrogen and oxygen atoms in total. The highest BCUT2D eigenvalue weighted by atomic mass is 19.1. The third-order valence-corrected chi connectivity index (χ3v) is 4.58. The second kappa shape index (κ2) is 8.26. The maximum atomic E-state index is 13.2. The highest BCUT2D eigenvalue weighted by molar-refractivity contribution is 5.74. The van der Waals surface area contributed by atoms with E-state index in [-0.39, 0.29) is 18.5 Å². The topological polar surface area (TPSA) is 52.6 Å². The van der Waals surface area contributed by atoms with Crippen molar-refractivity contribution < 1.29 is 14.3 Å². The first-order chi connectivity index (χ1) is 11.1. The number of aliphatic hydroxyl groups excluding tert-OH is 1. The summed E-state index contributed by atoms with van der Waals surface area (Å²) in [5.41, 5.74) is 1.08. The van der Waals surface area contributed by atoms with E-state index in [0.29, 0.717) is 19.6 Å². The van der Waals surface area contributed by atoms with Crippen molar-refractivity contribution in [3.05, 3.63) is 30.1 Å². The van der Waals surface area contributed by atoms with E-state index in [1.165, 1.54) is 12.1 Å². The van der Waals surface area contributed by atoms with Crippen LogP contribution in [0.25, 0.3) is 0 Å². The molecular formula is C17H27FN3O2+. The summed E-state index contributed by atoms with van der Waals surface area (Å²) in [6.07, 6.45) is 1.68. The molecule has 2 N–H and O–H groups in total. The molecule has 0 aliphatic carbocycles. The van der Waals surface area contributed by atoms with Gasteiger partial charge in [0.1, 0.15) is 24.6 Å². The Morgan fingerprint density at radius 3 is 2.48 bits per heavy atom. The first kappa shape index (κ1) is 17.7. The summed E-state index contributed by atoms with van der Waals surface area (Å²) in [5, 5.41) is 11.9. The van der Waals surface area contributed by atoms with Crippen molar-refractivity contribution in [1.82, 2.24) is 14.7 Å². The molecule has 23 heavy (non-hydrogen) atoms. The smallest absolute Gasteiger partial charge is 0.317 e. The molecule has 0 atom stereocenters. The van der Waals surface area contributed by atoms with Crippen LogP contribution in [-0.2, 0) is 0 Å². The summed E-state index contributed by atoms with van der Waals surface area (Å²) in [6.45, 7) is 6.62. The molecule has 2 rings (SSSR count). The molecule has 1 aliphatic heterocycles. The van der Waals surface area contributed by atoms with Gasteiger partial charge in [0, 0.05) is 25.3 Å². The molecule has 1 heterocycles. The SMILES string of the molecule is CCNC(=O)N1CC[N+](CCCCO)(c2ccc(F)cc2)CC1. The number of aliphatic hydroxyl groups is 1. The number of quaternary nitrogens is 1. The van der Waals surface area contributed by atoms with Gasteiger partial charge in [-0.1, -0.05) is 0 Å². The van der Waals surface area contributed by atoms with E-state index in [1.54, 1.807) is 0 Å². The molecule has 1 aromatic carbocycles. The molecular weight excluding hydrogens is 297 g/mol. The largest absolute Gasteiger partial charge is 0.396 e. The molecule has 0 radical (unpaired) electrons. The maximum Gasteiger partial charge on any atom is 0.317 e. The molecule has 128 valence electrons. The van der Waals surface area contributed by atoms with Crippen LogP contribution in [0.5, 0.6) is 0 Å². The summed E-state index contributed by atoms with van der Waals surface area (Å²) in [7, 11) is 0. The van der Waals surface area contributed by atoms with Crippen LogP contribution in [0.4, 0.5) is 14.9 Å². The predicted octanol–water partition coefficient (Wildman–Crippen LogP) is 1.95. The van der Waals surface area contributed by atoms with Crippen LogP contribution in [-0.4, -0.2) is 61.9 Å². The van der Waals surface area contributed by atoms with Crippen molar-refractivity contribution in [3.8, 4) is 0 Å². The van der Waals surface area contributed by atoms with Crippen molar-refractivity contribution in [2.24, 2.45) is 0 Å². The van der Waals surface area contributed by atoms with E-state index in [2.05, 4.69) is 5.32 Å². The molecule has 1 aromatic rings. The van der Waals surface area contributed by atoms with E-state index in [1.807, 2.05) is 24.0 Å². The standard InChI is InChI=1S/C17H26FN3O2/c1-2-19-17(23)20-9-12-21(13-10-20,11-3-4-14-22)16-7-5-15(18)6-8-16/h5-8,22H,2-4,9-14H2,1H3/p+1. The van der Waals surface area contributed by atoms with Crippen molar-refractivity contribution in [3.63, 3.8) is 0 Å². The van der Waals surface area contributed by atoms with E-state index in [9.17, 15) is 9.18 Å². The normalized spacial score (nSPS) is 17.1. The summed E-state index contributed by atoms with van der Waals surface area (Å²) < 4.78 is 14.0. The zero-order valence-corrected chi connectivity index (χ0v) is 13.8. The molecule has 0 unspecified atom stereocenters. The number of urea groups is 1. The van der Waals surface area contributed by atoms with Gasteiger partial charge in [-0.15, -0.1) is 0 Å². The van der Waals surface area contributed by atoms with Crippen LogP contribution in [0, 0.1) is 5.82 Å². The number of nitrogens with one attached hydrogen (secondary N) is 1. The van der Waals surface area contributed by atoms with E-state index < -0.39 is 0 Å². The van der Waals surface area contributed by atoms with Gasteiger partial charge in [-0.25, -0.2) is 9.18 Å². The Hall–Kier alpha value is -1.66. The Morgan fingerprint density at radius 1 is 1.26 bits per heavy atom. The van der Waals surface area contributed by atoms with Gasteiger partial charge in [0.15, 0.2) is 0 Å². The zero-order valence-electron chi connectivity index (χ0n) is 13.8. The molecule has 1 saturated heterocycles. The highest BCUT2D eigenvalue weighted by Gasteiger charge is 2.36. The fraction of sp³-hybridized carbons (Fsp3) is 0.588. The fourth-order valence-electron chi connectivity index (χ4n) is 3.21. The molecule has 2 amide bonds. The summed E-state index contributed by atoms with van der Waals surface area (Å²) in [4.78, 5) is 13.8. The first-order valence-electron chi connectivity index (χ1n) is 8.37. The Bertz CT molecular complexity index is 499. The second-order valence-corrected chi connectivity index (χ2v) is 6.05. The number of hydrogen-bond donors (Lipinski definition) is 2. The van der Waals surface area contributed by atoms with Gasteiger partial charge in [-0.3, -0.25) is 4.48 Å². The van der Waals surface area contributed by atoms with Gasteiger partial charge >= 0.3 is 6.03 Å². The minimum atomic E-state index is -0.233. The number of hydrogen-bond acceptors (Lipinski definition) is 2. The van der Waals surface area contributed by atoms with Crippen LogP contribution in [0.15, 0.2) is 24.3 Å². The summed E-state index contributed by atoms with van der Waals surface area (Å²) >= 11 is 0. The third-order valence-electron chi connectivity index (χ3n) is 4.58.